The molecule has 7 nitrogen and oxygen atoms in total. The van der Waals surface area contributed by atoms with Crippen molar-refractivity contribution in [3.63, 3.8) is 0 Å². The summed E-state index contributed by atoms with van der Waals surface area (Å²) in [5.41, 5.74) is 1.75. The summed E-state index contributed by atoms with van der Waals surface area (Å²) in [5.74, 6) is -0.680. The zero-order valence-corrected chi connectivity index (χ0v) is 25.3. The number of carbonyl (C=O) groups excluding carboxylic acids is 1. The van der Waals surface area contributed by atoms with E-state index in [1.165, 1.54) is 5.57 Å². The molecule has 0 spiro atoms. The Bertz CT molecular complexity index is 882. The van der Waals surface area contributed by atoms with Gasteiger partial charge in [-0.2, -0.15) is 0 Å². The second-order valence-electron chi connectivity index (χ2n) is 12.6. The monoisotopic (exact) mass is 562 g/mol. The molecule has 3 rings (SSSR count). The first-order valence-corrected chi connectivity index (χ1v) is 15.6. The third-order valence-corrected chi connectivity index (χ3v) is 9.16. The zero-order chi connectivity index (χ0) is 29.4. The van der Waals surface area contributed by atoms with E-state index in [4.69, 9.17) is 14.2 Å². The van der Waals surface area contributed by atoms with Crippen LogP contribution in [0.3, 0.4) is 0 Å². The first-order valence-electron chi connectivity index (χ1n) is 15.6. The molecule has 40 heavy (non-hydrogen) atoms. The Morgan fingerprint density at radius 2 is 1.80 bits per heavy atom. The van der Waals surface area contributed by atoms with Crippen LogP contribution in [0.5, 0.6) is 0 Å². The third-order valence-electron chi connectivity index (χ3n) is 9.16. The molecule has 7 heteroatoms. The Morgan fingerprint density at radius 1 is 1.10 bits per heavy atom. The summed E-state index contributed by atoms with van der Waals surface area (Å²) in [6.45, 7) is 13.9. The molecule has 3 N–H and O–H groups in total. The van der Waals surface area contributed by atoms with Crippen LogP contribution < -0.4 is 0 Å². The van der Waals surface area contributed by atoms with Gasteiger partial charge in [0, 0.05) is 12.3 Å². The molecule has 0 aromatic rings. The van der Waals surface area contributed by atoms with Crippen molar-refractivity contribution in [3.05, 3.63) is 36.0 Å². The van der Waals surface area contributed by atoms with Crippen LogP contribution in [0, 0.1) is 17.8 Å². The number of aliphatic hydroxyl groups excluding tert-OH is 3. The summed E-state index contributed by atoms with van der Waals surface area (Å²) in [4.78, 5) is 13.0. The van der Waals surface area contributed by atoms with Gasteiger partial charge in [0.1, 0.15) is 12.2 Å². The Balaban J connectivity index is 1.74. The van der Waals surface area contributed by atoms with Gasteiger partial charge in [-0.15, -0.1) is 0 Å². The SMILES string of the molecule is C=C([C@H](O)CC)[C@@H](C)[C@@H](O)[C@@H]1CCC/C(C)=C/[C@@H]2O[C@@H](C[C@H]2C)[C@@H]2O[C@H](CC/C=C/CC[C@@H](C)C(=O)O1)C[C@@H]2O. The summed E-state index contributed by atoms with van der Waals surface area (Å²) in [6, 6.07) is 0. The molecule has 228 valence electrons. The lowest BCUT2D eigenvalue weighted by Crippen LogP contribution is -2.39. The van der Waals surface area contributed by atoms with Gasteiger partial charge in [-0.3, -0.25) is 4.79 Å². The maximum atomic E-state index is 13.0. The van der Waals surface area contributed by atoms with Crippen LogP contribution >= 0.6 is 0 Å². The number of cyclic esters (lactones) is 1. The number of hydrogen-bond donors (Lipinski definition) is 3. The van der Waals surface area contributed by atoms with Gasteiger partial charge in [0.25, 0.3) is 0 Å². The van der Waals surface area contributed by atoms with Gasteiger partial charge in [-0.1, -0.05) is 58.1 Å². The van der Waals surface area contributed by atoms with E-state index in [0.29, 0.717) is 37.2 Å². The smallest absolute Gasteiger partial charge is 0.309 e. The minimum atomic E-state index is -0.948. The molecule has 0 aromatic carbocycles. The molecular formula is C33H54O7. The van der Waals surface area contributed by atoms with Crippen molar-refractivity contribution >= 4 is 5.97 Å². The van der Waals surface area contributed by atoms with E-state index in [0.717, 1.165) is 38.5 Å². The van der Waals surface area contributed by atoms with E-state index in [1.807, 2.05) is 20.8 Å². The lowest BCUT2D eigenvalue weighted by atomic mass is 9.87. The number of esters is 1. The predicted octanol–water partition coefficient (Wildman–Crippen LogP) is 5.42. The molecule has 2 saturated heterocycles. The van der Waals surface area contributed by atoms with E-state index in [-0.39, 0.29) is 36.3 Å². The second kappa shape index (κ2) is 15.6. The first kappa shape index (κ1) is 33.0. The zero-order valence-electron chi connectivity index (χ0n) is 25.3. The average Bonchev–Trinajstić information content (AvgIpc) is 3.48. The maximum absolute atomic E-state index is 13.0. The molecule has 0 saturated carbocycles. The van der Waals surface area contributed by atoms with E-state index in [1.54, 1.807) is 0 Å². The van der Waals surface area contributed by atoms with Gasteiger partial charge < -0.3 is 29.5 Å². The van der Waals surface area contributed by atoms with Crippen molar-refractivity contribution in [1.82, 2.24) is 0 Å². The molecule has 11 atom stereocenters. The highest BCUT2D eigenvalue weighted by Crippen LogP contribution is 2.37. The molecular weight excluding hydrogens is 508 g/mol. The van der Waals surface area contributed by atoms with Crippen molar-refractivity contribution in [2.24, 2.45) is 17.8 Å². The molecule has 3 aliphatic rings. The van der Waals surface area contributed by atoms with Crippen LogP contribution in [-0.4, -0.2) is 70.1 Å². The van der Waals surface area contributed by atoms with Crippen molar-refractivity contribution in [1.29, 1.82) is 0 Å². The van der Waals surface area contributed by atoms with Gasteiger partial charge in [0.2, 0.25) is 0 Å². The number of hydrogen-bond acceptors (Lipinski definition) is 7. The normalized spacial score (nSPS) is 39.2. The standard InChI is InChI=1S/C33H54O7/c1-7-26(34)23(5)24(6)31(36)28-16-12-13-20(2)17-29-22(4)18-30(39-29)32-27(35)19-25(38-32)15-11-9-8-10-14-21(3)33(37)40-28/h8-9,17,21-22,24-32,34-36H,5,7,10-16,18-19H2,1-4,6H3/b9-8+,20-17+/t21-,22-,24-,25-,26-,27+,28+,29+,30+,31-,32-/m1/s1. The lowest BCUT2D eigenvalue weighted by Gasteiger charge is -2.31. The fraction of sp³-hybridized carbons (Fsp3) is 0.788. The van der Waals surface area contributed by atoms with Crippen LogP contribution in [0.2, 0.25) is 0 Å². The van der Waals surface area contributed by atoms with Gasteiger partial charge in [0.05, 0.1) is 42.5 Å². The lowest BCUT2D eigenvalue weighted by molar-refractivity contribution is -0.161. The molecule has 0 unspecified atom stereocenters. The fourth-order valence-electron chi connectivity index (χ4n) is 6.20. The van der Waals surface area contributed by atoms with Gasteiger partial charge in [0.15, 0.2) is 0 Å². The minimum absolute atomic E-state index is 0.0307. The predicted molar refractivity (Wildman–Crippen MR) is 157 cm³/mol. The first-order chi connectivity index (χ1) is 19.0. The number of fused-ring (bicyclic) bond motifs is 5. The molecule has 3 heterocycles. The van der Waals surface area contributed by atoms with Gasteiger partial charge >= 0.3 is 5.97 Å². The highest BCUT2D eigenvalue weighted by molar-refractivity contribution is 5.72. The van der Waals surface area contributed by atoms with E-state index < -0.39 is 30.3 Å². The van der Waals surface area contributed by atoms with Crippen molar-refractivity contribution in [2.75, 3.05) is 0 Å². The number of ether oxygens (including phenoxy) is 3. The number of rotatable bonds is 5. The average molecular weight is 563 g/mol. The summed E-state index contributed by atoms with van der Waals surface area (Å²) in [7, 11) is 0. The quantitative estimate of drug-likeness (QED) is 0.304. The fourth-order valence-corrected chi connectivity index (χ4v) is 6.20. The van der Waals surface area contributed by atoms with Crippen molar-refractivity contribution < 1.29 is 34.3 Å². The summed E-state index contributed by atoms with van der Waals surface area (Å²) >= 11 is 0. The molecule has 2 fully saturated rings. The molecule has 3 aliphatic heterocycles. The second-order valence-corrected chi connectivity index (χ2v) is 12.6. The minimum Gasteiger partial charge on any atom is -0.459 e. The van der Waals surface area contributed by atoms with E-state index in [2.05, 4.69) is 38.7 Å². The summed E-state index contributed by atoms with van der Waals surface area (Å²) in [6.07, 6.45) is 10.4. The number of carbonyl (C=O) groups is 1. The Kier molecular flexibility index (Phi) is 12.9. The largest absolute Gasteiger partial charge is 0.459 e. The van der Waals surface area contributed by atoms with E-state index in [9.17, 15) is 20.1 Å². The number of aliphatic hydroxyl groups is 3. The van der Waals surface area contributed by atoms with Crippen molar-refractivity contribution in [3.8, 4) is 0 Å². The Labute approximate surface area is 241 Å². The van der Waals surface area contributed by atoms with Gasteiger partial charge in [-0.05, 0) is 76.2 Å². The Hall–Kier alpha value is -1.51. The van der Waals surface area contributed by atoms with Crippen LogP contribution in [0.4, 0.5) is 0 Å². The molecule has 4 bridgehead atoms. The van der Waals surface area contributed by atoms with Crippen LogP contribution in [0.15, 0.2) is 36.0 Å². The summed E-state index contributed by atoms with van der Waals surface area (Å²) < 4.78 is 18.6. The highest BCUT2D eigenvalue weighted by atomic mass is 16.6. The Morgan fingerprint density at radius 3 is 2.50 bits per heavy atom. The number of allylic oxidation sites excluding steroid dienone is 3. The van der Waals surface area contributed by atoms with Crippen molar-refractivity contribution in [2.45, 2.75) is 148 Å². The van der Waals surface area contributed by atoms with Crippen LogP contribution in [0.1, 0.15) is 98.8 Å². The molecule has 0 aliphatic carbocycles. The van der Waals surface area contributed by atoms with E-state index >= 15 is 0 Å². The van der Waals surface area contributed by atoms with Crippen LogP contribution in [-0.2, 0) is 19.0 Å². The van der Waals surface area contributed by atoms with Crippen LogP contribution in [0.25, 0.3) is 0 Å². The highest BCUT2D eigenvalue weighted by Gasteiger charge is 2.44. The third kappa shape index (κ3) is 8.99. The molecule has 0 radical (unpaired) electrons. The van der Waals surface area contributed by atoms with Gasteiger partial charge in [-0.25, -0.2) is 0 Å². The summed E-state index contributed by atoms with van der Waals surface area (Å²) in [5, 5.41) is 32.2. The molecule has 0 amide bonds. The maximum Gasteiger partial charge on any atom is 0.309 e. The topological polar surface area (TPSA) is 105 Å². The molecule has 0 aromatic heterocycles.